The first kappa shape index (κ1) is 21.7. The fourth-order valence-electron chi connectivity index (χ4n) is 4.64. The maximum Gasteiger partial charge on any atom is 0.303 e. The summed E-state index contributed by atoms with van der Waals surface area (Å²) >= 11 is 0. The molecule has 0 aromatic heterocycles. The van der Waals surface area contributed by atoms with E-state index in [-0.39, 0.29) is 24.7 Å². The van der Waals surface area contributed by atoms with Crippen molar-refractivity contribution in [1.82, 2.24) is 0 Å². The molecule has 4 nitrogen and oxygen atoms in total. The number of aliphatic hydroxyl groups is 2. The van der Waals surface area contributed by atoms with E-state index in [0.717, 1.165) is 12.8 Å². The van der Waals surface area contributed by atoms with Crippen molar-refractivity contribution in [3.63, 3.8) is 0 Å². The molecule has 1 aromatic carbocycles. The fraction of sp³-hybridized carbons (Fsp3) is 0.542. The van der Waals surface area contributed by atoms with E-state index in [1.54, 1.807) is 12.2 Å². The van der Waals surface area contributed by atoms with Crippen LogP contribution in [0.15, 0.2) is 48.6 Å². The smallest absolute Gasteiger partial charge is 0.303 e. The Morgan fingerprint density at radius 2 is 1.90 bits per heavy atom. The predicted molar refractivity (Wildman–Crippen MR) is 110 cm³/mol. The second-order valence-electron chi connectivity index (χ2n) is 8.37. The minimum absolute atomic E-state index is 0.112. The summed E-state index contributed by atoms with van der Waals surface area (Å²) in [6.07, 6.45) is 8.57. The first-order valence-corrected chi connectivity index (χ1v) is 10.6. The number of hydrogen-bond donors (Lipinski definition) is 3. The van der Waals surface area contributed by atoms with Crippen molar-refractivity contribution < 1.29 is 24.5 Å². The lowest BCUT2D eigenvalue weighted by atomic mass is 9.89. The number of carboxylic acid groups (broad SMARTS) is 1. The molecule has 0 radical (unpaired) electrons. The Bertz CT molecular complexity index is 719. The molecule has 0 unspecified atom stereocenters. The number of aliphatic carboxylic acids is 1. The Kier molecular flexibility index (Phi) is 7.62. The van der Waals surface area contributed by atoms with Gasteiger partial charge in [0.05, 0.1) is 12.2 Å². The van der Waals surface area contributed by atoms with Crippen LogP contribution in [0.3, 0.4) is 0 Å². The molecule has 158 valence electrons. The number of fused-ring (bicyclic) bond motifs is 1. The molecular formula is C24H31FO4. The molecule has 2 aliphatic carbocycles. The zero-order valence-electron chi connectivity index (χ0n) is 16.7. The summed E-state index contributed by atoms with van der Waals surface area (Å²) in [6.45, 7) is 0. The van der Waals surface area contributed by atoms with Crippen LogP contribution in [0, 0.1) is 17.8 Å². The SMILES string of the molecule is O=C(O)CCC/C=C\C[C@@H]1[C@@H](/C=C/[C@@H](O)C2Cc3ccccc3C2)[C@@H](F)C[C@@H]1O. The van der Waals surface area contributed by atoms with Crippen molar-refractivity contribution in [3.05, 3.63) is 59.7 Å². The third kappa shape index (κ3) is 5.77. The highest BCUT2D eigenvalue weighted by atomic mass is 19.1. The molecule has 3 N–H and O–H groups in total. The number of unbranched alkanes of at least 4 members (excludes halogenated alkanes) is 1. The molecule has 0 aliphatic heterocycles. The Morgan fingerprint density at radius 3 is 2.55 bits per heavy atom. The van der Waals surface area contributed by atoms with Gasteiger partial charge in [0.1, 0.15) is 6.17 Å². The lowest BCUT2D eigenvalue weighted by Gasteiger charge is -2.20. The van der Waals surface area contributed by atoms with E-state index in [4.69, 9.17) is 5.11 Å². The number of allylic oxidation sites excluding steroid dienone is 3. The van der Waals surface area contributed by atoms with Gasteiger partial charge in [-0.2, -0.15) is 0 Å². The van der Waals surface area contributed by atoms with Crippen molar-refractivity contribution in [3.8, 4) is 0 Å². The summed E-state index contributed by atoms with van der Waals surface area (Å²) in [5.41, 5.74) is 2.55. The van der Waals surface area contributed by atoms with Crippen molar-refractivity contribution in [2.75, 3.05) is 0 Å². The number of halogens is 1. The van der Waals surface area contributed by atoms with Gasteiger partial charge in [-0.05, 0) is 55.1 Å². The Hall–Kier alpha value is -1.98. The quantitative estimate of drug-likeness (QED) is 0.433. The number of carbonyl (C=O) groups is 1. The second kappa shape index (κ2) is 10.2. The topological polar surface area (TPSA) is 77.8 Å². The normalized spacial score (nSPS) is 28.4. The van der Waals surface area contributed by atoms with Crippen LogP contribution >= 0.6 is 0 Å². The third-order valence-electron chi connectivity index (χ3n) is 6.31. The predicted octanol–water partition coefficient (Wildman–Crippen LogP) is 3.85. The molecule has 1 fully saturated rings. The number of hydrogen-bond acceptors (Lipinski definition) is 3. The molecule has 0 heterocycles. The van der Waals surface area contributed by atoms with Crippen LogP contribution < -0.4 is 0 Å². The minimum atomic E-state index is -1.11. The van der Waals surface area contributed by atoms with Gasteiger partial charge in [-0.3, -0.25) is 4.79 Å². The van der Waals surface area contributed by atoms with E-state index in [0.29, 0.717) is 19.3 Å². The number of aliphatic hydroxyl groups excluding tert-OH is 2. The van der Waals surface area contributed by atoms with Gasteiger partial charge in [0, 0.05) is 18.8 Å². The molecule has 5 atom stereocenters. The Labute approximate surface area is 171 Å². The van der Waals surface area contributed by atoms with Crippen LogP contribution in [-0.4, -0.2) is 39.7 Å². The van der Waals surface area contributed by atoms with Gasteiger partial charge in [-0.1, -0.05) is 48.6 Å². The Balaban J connectivity index is 1.53. The summed E-state index contributed by atoms with van der Waals surface area (Å²) in [7, 11) is 0. The summed E-state index contributed by atoms with van der Waals surface area (Å²) in [5, 5.41) is 29.5. The van der Waals surface area contributed by atoms with Crippen molar-refractivity contribution in [2.45, 2.75) is 63.3 Å². The van der Waals surface area contributed by atoms with Crippen molar-refractivity contribution in [1.29, 1.82) is 0 Å². The molecule has 0 saturated heterocycles. The van der Waals surface area contributed by atoms with E-state index >= 15 is 0 Å². The average Bonchev–Trinajstić information content (AvgIpc) is 3.23. The maximum absolute atomic E-state index is 14.5. The summed E-state index contributed by atoms with van der Waals surface area (Å²) in [4.78, 5) is 10.5. The second-order valence-corrected chi connectivity index (χ2v) is 8.37. The van der Waals surface area contributed by atoms with Crippen LogP contribution in [0.4, 0.5) is 4.39 Å². The first-order chi connectivity index (χ1) is 14.0. The van der Waals surface area contributed by atoms with Crippen LogP contribution in [0.2, 0.25) is 0 Å². The minimum Gasteiger partial charge on any atom is -0.481 e. The molecule has 29 heavy (non-hydrogen) atoms. The number of carboxylic acids is 1. The number of rotatable bonds is 9. The van der Waals surface area contributed by atoms with E-state index in [1.807, 2.05) is 24.3 Å². The molecule has 5 heteroatoms. The maximum atomic E-state index is 14.5. The lowest BCUT2D eigenvalue weighted by molar-refractivity contribution is -0.137. The van der Waals surface area contributed by atoms with Gasteiger partial charge in [-0.25, -0.2) is 4.39 Å². The van der Waals surface area contributed by atoms with Crippen LogP contribution in [0.1, 0.15) is 43.2 Å². The number of alkyl halides is 1. The molecule has 0 amide bonds. The summed E-state index contributed by atoms with van der Waals surface area (Å²) in [5.74, 6) is -1.32. The van der Waals surface area contributed by atoms with Gasteiger partial charge in [0.25, 0.3) is 0 Å². The van der Waals surface area contributed by atoms with Gasteiger partial charge >= 0.3 is 5.97 Å². The average molecular weight is 403 g/mol. The molecule has 0 spiro atoms. The molecular weight excluding hydrogens is 371 g/mol. The highest BCUT2D eigenvalue weighted by Gasteiger charge is 2.40. The van der Waals surface area contributed by atoms with E-state index < -0.39 is 30.3 Å². The van der Waals surface area contributed by atoms with E-state index in [9.17, 15) is 19.4 Å². The highest BCUT2D eigenvalue weighted by molar-refractivity contribution is 5.66. The fourth-order valence-corrected chi connectivity index (χ4v) is 4.64. The lowest BCUT2D eigenvalue weighted by Crippen LogP contribution is -2.21. The summed E-state index contributed by atoms with van der Waals surface area (Å²) in [6, 6.07) is 8.21. The first-order valence-electron chi connectivity index (χ1n) is 10.6. The van der Waals surface area contributed by atoms with Gasteiger partial charge in [-0.15, -0.1) is 0 Å². The summed E-state index contributed by atoms with van der Waals surface area (Å²) < 4.78 is 14.5. The monoisotopic (exact) mass is 402 g/mol. The largest absolute Gasteiger partial charge is 0.481 e. The molecule has 3 rings (SSSR count). The van der Waals surface area contributed by atoms with Crippen LogP contribution in [-0.2, 0) is 17.6 Å². The molecule has 0 bridgehead atoms. The molecule has 1 aromatic rings. The zero-order chi connectivity index (χ0) is 20.8. The highest BCUT2D eigenvalue weighted by Crippen LogP contribution is 2.38. The van der Waals surface area contributed by atoms with Crippen molar-refractivity contribution >= 4 is 5.97 Å². The molecule has 1 saturated carbocycles. The number of benzene rings is 1. The van der Waals surface area contributed by atoms with Gasteiger partial charge in [0.15, 0.2) is 0 Å². The van der Waals surface area contributed by atoms with E-state index in [2.05, 4.69) is 12.1 Å². The zero-order valence-corrected chi connectivity index (χ0v) is 16.7. The van der Waals surface area contributed by atoms with Crippen LogP contribution in [0.5, 0.6) is 0 Å². The molecule has 2 aliphatic rings. The van der Waals surface area contributed by atoms with Crippen molar-refractivity contribution in [2.24, 2.45) is 17.8 Å². The Morgan fingerprint density at radius 1 is 1.21 bits per heavy atom. The van der Waals surface area contributed by atoms with Gasteiger partial charge in [0.2, 0.25) is 0 Å². The van der Waals surface area contributed by atoms with Crippen LogP contribution in [0.25, 0.3) is 0 Å². The standard InChI is InChI=1S/C24H31FO4/c25-21-15-23(27)20(9-3-1-2-4-10-24(28)29)19(21)11-12-22(26)18-13-16-7-5-6-8-17(16)14-18/h1,3,5-8,11-12,18-23,26-27H,2,4,9-10,13-15H2,(H,28,29)/b3-1-,12-11+/t19-,20-,21+,22-,23+/m1/s1. The third-order valence-corrected chi connectivity index (χ3v) is 6.31. The van der Waals surface area contributed by atoms with E-state index in [1.165, 1.54) is 11.1 Å². The van der Waals surface area contributed by atoms with Gasteiger partial charge < -0.3 is 15.3 Å².